The van der Waals surface area contributed by atoms with Crippen LogP contribution in [0.1, 0.15) is 15.9 Å². The summed E-state index contributed by atoms with van der Waals surface area (Å²) in [6.07, 6.45) is 0. The number of nitrogens with one attached hydrogen (secondary N) is 1. The second-order valence-electron chi connectivity index (χ2n) is 4.41. The Morgan fingerprint density at radius 2 is 1.81 bits per heavy atom. The van der Waals surface area contributed by atoms with E-state index in [-0.39, 0.29) is 16.1 Å². The van der Waals surface area contributed by atoms with Crippen LogP contribution in [0.5, 0.6) is 5.75 Å². The van der Waals surface area contributed by atoms with Gasteiger partial charge in [-0.3, -0.25) is 4.72 Å². The maximum absolute atomic E-state index is 12.2. The van der Waals surface area contributed by atoms with Gasteiger partial charge in [0, 0.05) is 6.07 Å². The summed E-state index contributed by atoms with van der Waals surface area (Å²) in [5.74, 6) is -1.80. The second-order valence-corrected chi connectivity index (χ2v) is 6.06. The van der Waals surface area contributed by atoms with Gasteiger partial charge in [-0.15, -0.1) is 0 Å². The lowest BCUT2D eigenvalue weighted by Gasteiger charge is -2.11. The van der Waals surface area contributed by atoms with Crippen LogP contribution in [0.25, 0.3) is 0 Å². The molecule has 0 spiro atoms. The normalized spacial score (nSPS) is 11.1. The van der Waals surface area contributed by atoms with Crippen LogP contribution in [0.4, 0.5) is 5.69 Å². The number of hydrogen-bond acceptors (Lipinski definition) is 4. The number of aromatic hydroxyl groups is 1. The zero-order valence-electron chi connectivity index (χ0n) is 11.1. The highest BCUT2D eigenvalue weighted by atomic mass is 32.2. The third-order valence-electron chi connectivity index (χ3n) is 2.86. The van der Waals surface area contributed by atoms with E-state index in [9.17, 15) is 18.3 Å². The molecule has 0 aliphatic carbocycles. The molecule has 110 valence electrons. The van der Waals surface area contributed by atoms with Crippen LogP contribution in [0.3, 0.4) is 0 Å². The third-order valence-corrected chi connectivity index (χ3v) is 4.40. The first-order chi connectivity index (χ1) is 9.81. The first kappa shape index (κ1) is 14.9. The van der Waals surface area contributed by atoms with Crippen LogP contribution in [0, 0.1) is 6.92 Å². The maximum Gasteiger partial charge on any atom is 0.339 e. The molecule has 3 N–H and O–H groups in total. The minimum atomic E-state index is -3.80. The van der Waals surface area contributed by atoms with Crippen LogP contribution in [-0.2, 0) is 10.0 Å². The van der Waals surface area contributed by atoms with Crippen molar-refractivity contribution >= 4 is 21.7 Å². The van der Waals surface area contributed by atoms with Gasteiger partial charge in [0.2, 0.25) is 0 Å². The largest absolute Gasteiger partial charge is 0.507 e. The van der Waals surface area contributed by atoms with Crippen molar-refractivity contribution in [3.8, 4) is 5.75 Å². The quantitative estimate of drug-likeness (QED) is 0.803. The molecule has 2 aromatic rings. The van der Waals surface area contributed by atoms with E-state index in [2.05, 4.69) is 4.72 Å². The van der Waals surface area contributed by atoms with Crippen molar-refractivity contribution in [3.63, 3.8) is 0 Å². The number of aromatic carboxylic acids is 1. The standard InChI is InChI=1S/C14H13NO5S/c1-9-4-2-3-5-13(9)21(19,20)15-10-6-7-11(14(17)18)12(16)8-10/h2-8,15-16H,1H3,(H,17,18). The number of carbonyl (C=O) groups is 1. The molecular formula is C14H13NO5S. The zero-order chi connectivity index (χ0) is 15.6. The van der Waals surface area contributed by atoms with Gasteiger partial charge in [0.1, 0.15) is 11.3 Å². The van der Waals surface area contributed by atoms with Gasteiger partial charge in [-0.2, -0.15) is 0 Å². The summed E-state index contributed by atoms with van der Waals surface area (Å²) in [5.41, 5.74) is 0.367. The van der Waals surface area contributed by atoms with Crippen molar-refractivity contribution in [3.05, 3.63) is 53.6 Å². The van der Waals surface area contributed by atoms with Crippen molar-refractivity contribution in [2.75, 3.05) is 4.72 Å². The van der Waals surface area contributed by atoms with E-state index < -0.39 is 21.7 Å². The van der Waals surface area contributed by atoms with Gasteiger partial charge in [0.05, 0.1) is 10.6 Å². The molecule has 0 radical (unpaired) electrons. The van der Waals surface area contributed by atoms with Gasteiger partial charge < -0.3 is 10.2 Å². The molecule has 0 unspecified atom stereocenters. The number of anilines is 1. The molecule has 0 heterocycles. The summed E-state index contributed by atoms with van der Waals surface area (Å²) in [6.45, 7) is 1.67. The fraction of sp³-hybridized carbons (Fsp3) is 0.0714. The molecule has 0 bridgehead atoms. The number of phenols is 1. The van der Waals surface area contributed by atoms with E-state index in [0.29, 0.717) is 5.56 Å². The molecule has 0 atom stereocenters. The minimum absolute atomic E-state index is 0.0840. The Kier molecular flexibility index (Phi) is 3.86. The number of benzene rings is 2. The van der Waals surface area contributed by atoms with E-state index >= 15 is 0 Å². The summed E-state index contributed by atoms with van der Waals surface area (Å²) in [5, 5.41) is 18.4. The highest BCUT2D eigenvalue weighted by molar-refractivity contribution is 7.92. The molecule has 0 aliphatic heterocycles. The Morgan fingerprint density at radius 3 is 2.38 bits per heavy atom. The number of sulfonamides is 1. The fourth-order valence-electron chi connectivity index (χ4n) is 1.84. The van der Waals surface area contributed by atoms with Crippen LogP contribution in [-0.4, -0.2) is 24.6 Å². The molecular weight excluding hydrogens is 294 g/mol. The van der Waals surface area contributed by atoms with E-state index in [1.54, 1.807) is 25.1 Å². The molecule has 0 saturated carbocycles. The van der Waals surface area contributed by atoms with E-state index in [1.807, 2.05) is 0 Å². The lowest BCUT2D eigenvalue weighted by molar-refractivity contribution is 0.0694. The molecule has 0 fully saturated rings. The average molecular weight is 307 g/mol. The van der Waals surface area contributed by atoms with Crippen molar-refractivity contribution in [2.45, 2.75) is 11.8 Å². The first-order valence-electron chi connectivity index (χ1n) is 5.96. The Bertz CT molecular complexity index is 799. The first-order valence-corrected chi connectivity index (χ1v) is 7.44. The van der Waals surface area contributed by atoms with Gasteiger partial charge in [0.25, 0.3) is 10.0 Å². The number of carboxylic acids is 1. The molecule has 21 heavy (non-hydrogen) atoms. The third kappa shape index (κ3) is 3.14. The number of hydrogen-bond donors (Lipinski definition) is 3. The SMILES string of the molecule is Cc1ccccc1S(=O)(=O)Nc1ccc(C(=O)O)c(O)c1. The topological polar surface area (TPSA) is 104 Å². The summed E-state index contributed by atoms with van der Waals surface area (Å²) in [4.78, 5) is 10.9. The molecule has 6 nitrogen and oxygen atoms in total. The molecule has 0 aliphatic rings. The summed E-state index contributed by atoms with van der Waals surface area (Å²) in [6, 6.07) is 9.92. The van der Waals surface area contributed by atoms with Crippen molar-refractivity contribution in [1.82, 2.24) is 0 Å². The van der Waals surface area contributed by atoms with Crippen LogP contribution in [0.15, 0.2) is 47.4 Å². The summed E-state index contributed by atoms with van der Waals surface area (Å²) < 4.78 is 26.8. The molecule has 7 heteroatoms. The lowest BCUT2D eigenvalue weighted by atomic mass is 10.2. The van der Waals surface area contributed by atoms with Gasteiger partial charge in [0.15, 0.2) is 0 Å². The number of rotatable bonds is 4. The van der Waals surface area contributed by atoms with Gasteiger partial charge >= 0.3 is 5.97 Å². The lowest BCUT2D eigenvalue weighted by Crippen LogP contribution is -2.14. The van der Waals surface area contributed by atoms with E-state index in [0.717, 1.165) is 12.1 Å². The Labute approximate surface area is 121 Å². The smallest absolute Gasteiger partial charge is 0.339 e. The fourth-order valence-corrected chi connectivity index (χ4v) is 3.14. The Hall–Kier alpha value is -2.54. The molecule has 2 aromatic carbocycles. The van der Waals surface area contributed by atoms with Crippen molar-refractivity contribution in [2.24, 2.45) is 0 Å². The zero-order valence-corrected chi connectivity index (χ0v) is 11.9. The molecule has 0 amide bonds. The van der Waals surface area contributed by atoms with Gasteiger partial charge in [-0.1, -0.05) is 18.2 Å². The van der Waals surface area contributed by atoms with Crippen molar-refractivity contribution in [1.29, 1.82) is 0 Å². The van der Waals surface area contributed by atoms with Crippen LogP contribution < -0.4 is 4.72 Å². The summed E-state index contributed by atoms with van der Waals surface area (Å²) in [7, 11) is -3.80. The highest BCUT2D eigenvalue weighted by Crippen LogP contribution is 2.25. The van der Waals surface area contributed by atoms with E-state index in [1.165, 1.54) is 12.1 Å². The van der Waals surface area contributed by atoms with E-state index in [4.69, 9.17) is 5.11 Å². The molecule has 0 aromatic heterocycles. The van der Waals surface area contributed by atoms with Crippen LogP contribution >= 0.6 is 0 Å². The monoisotopic (exact) mass is 307 g/mol. The summed E-state index contributed by atoms with van der Waals surface area (Å²) >= 11 is 0. The highest BCUT2D eigenvalue weighted by Gasteiger charge is 2.17. The van der Waals surface area contributed by atoms with Gasteiger partial charge in [-0.25, -0.2) is 13.2 Å². The maximum atomic E-state index is 12.2. The average Bonchev–Trinajstić information content (AvgIpc) is 2.38. The predicted octanol–water partition coefficient (Wildman–Crippen LogP) is 2.20. The number of carboxylic acid groups (broad SMARTS) is 1. The predicted molar refractivity (Wildman–Crippen MR) is 77.1 cm³/mol. The number of aryl methyl sites for hydroxylation is 1. The minimum Gasteiger partial charge on any atom is -0.507 e. The Morgan fingerprint density at radius 1 is 1.14 bits per heavy atom. The molecule has 0 saturated heterocycles. The Balaban J connectivity index is 2.36. The second kappa shape index (κ2) is 5.45. The molecule has 2 rings (SSSR count). The van der Waals surface area contributed by atoms with Gasteiger partial charge in [-0.05, 0) is 30.7 Å². The van der Waals surface area contributed by atoms with Crippen molar-refractivity contribution < 1.29 is 23.4 Å². The van der Waals surface area contributed by atoms with Crippen LogP contribution in [0.2, 0.25) is 0 Å².